The molecule has 10 heteroatoms. The third-order valence-electron chi connectivity index (χ3n) is 3.83. The van der Waals surface area contributed by atoms with Crippen molar-refractivity contribution in [3.8, 4) is 5.75 Å². The third-order valence-corrected chi connectivity index (χ3v) is 5.61. The van der Waals surface area contributed by atoms with Crippen LogP contribution in [0.2, 0.25) is 20.1 Å². The third kappa shape index (κ3) is 4.58. The Morgan fingerprint density at radius 3 is 2.15 bits per heavy atom. The zero-order chi connectivity index (χ0) is 20.5. The second kappa shape index (κ2) is 8.52. The molecule has 0 saturated carbocycles. The molecule has 6 nitrogen and oxygen atoms in total. The van der Waals surface area contributed by atoms with Gasteiger partial charge >= 0.3 is 0 Å². The van der Waals surface area contributed by atoms with Crippen LogP contribution < -0.4 is 10.1 Å². The highest BCUT2D eigenvalue weighted by Crippen LogP contribution is 2.42. The molecule has 144 valence electrons. The number of nitro groups is 1. The van der Waals surface area contributed by atoms with Crippen molar-refractivity contribution in [2.24, 2.45) is 0 Å². The first-order valence-corrected chi connectivity index (χ1v) is 9.06. The van der Waals surface area contributed by atoms with E-state index in [1.54, 1.807) is 20.8 Å². The molecule has 1 N–H and O–H groups in total. The Morgan fingerprint density at radius 1 is 1.07 bits per heavy atom. The van der Waals surface area contributed by atoms with Crippen LogP contribution in [-0.2, 0) is 4.79 Å². The summed E-state index contributed by atoms with van der Waals surface area (Å²) in [4.78, 5) is 22.5. The number of aryl methyl sites for hydroxylation is 1. The van der Waals surface area contributed by atoms with Gasteiger partial charge in [-0.3, -0.25) is 14.9 Å². The molecular formula is C17H14Cl4N2O4. The standard InChI is InChI=1S/C17H14Cl4N2O4/c1-7-4-12(23(25)26)10(18)5-11(7)22-13(24)6-27-17-15(20)8(2)14(19)9(3)16(17)21/h4-5H,6H2,1-3H3,(H,22,24). The van der Waals surface area contributed by atoms with Crippen LogP contribution in [0.4, 0.5) is 11.4 Å². The second-order valence-electron chi connectivity index (χ2n) is 5.73. The number of nitro benzene ring substituents is 1. The largest absolute Gasteiger partial charge is 0.481 e. The molecule has 0 spiro atoms. The molecule has 0 fully saturated rings. The lowest BCUT2D eigenvalue weighted by atomic mass is 10.1. The molecule has 2 aromatic rings. The number of hydrogen-bond donors (Lipinski definition) is 1. The molecule has 0 atom stereocenters. The van der Waals surface area contributed by atoms with E-state index in [-0.39, 0.29) is 33.1 Å². The van der Waals surface area contributed by atoms with E-state index in [2.05, 4.69) is 5.32 Å². The van der Waals surface area contributed by atoms with Crippen LogP contribution in [0.5, 0.6) is 5.75 Å². The van der Waals surface area contributed by atoms with Crippen molar-refractivity contribution in [2.45, 2.75) is 20.8 Å². The normalized spacial score (nSPS) is 10.6. The number of nitrogens with one attached hydrogen (secondary N) is 1. The lowest BCUT2D eigenvalue weighted by molar-refractivity contribution is -0.384. The maximum absolute atomic E-state index is 12.2. The fraction of sp³-hybridized carbons (Fsp3) is 0.235. The lowest BCUT2D eigenvalue weighted by Crippen LogP contribution is -2.21. The van der Waals surface area contributed by atoms with Crippen LogP contribution in [0, 0.1) is 30.9 Å². The molecule has 0 bridgehead atoms. The second-order valence-corrected chi connectivity index (χ2v) is 7.27. The lowest BCUT2D eigenvalue weighted by Gasteiger charge is -2.16. The molecule has 2 aromatic carbocycles. The first-order valence-electron chi connectivity index (χ1n) is 7.55. The first-order chi connectivity index (χ1) is 12.5. The Kier molecular flexibility index (Phi) is 6.81. The van der Waals surface area contributed by atoms with Gasteiger partial charge in [-0.15, -0.1) is 0 Å². The first kappa shape index (κ1) is 21.6. The molecule has 0 aliphatic heterocycles. The number of benzene rings is 2. The highest BCUT2D eigenvalue weighted by molar-refractivity contribution is 6.42. The number of rotatable bonds is 5. The summed E-state index contributed by atoms with van der Waals surface area (Å²) >= 11 is 24.4. The van der Waals surface area contributed by atoms with Gasteiger partial charge in [0.25, 0.3) is 11.6 Å². The van der Waals surface area contributed by atoms with E-state index in [0.717, 1.165) is 0 Å². The Bertz CT molecular complexity index is 918. The van der Waals surface area contributed by atoms with Gasteiger partial charge in [-0.1, -0.05) is 46.4 Å². The van der Waals surface area contributed by atoms with Gasteiger partial charge in [-0.2, -0.15) is 0 Å². The minimum absolute atomic E-state index is 0.0862. The Labute approximate surface area is 175 Å². The number of carbonyl (C=O) groups excluding carboxylic acids is 1. The van der Waals surface area contributed by atoms with Gasteiger partial charge in [0, 0.05) is 16.8 Å². The fourth-order valence-corrected chi connectivity index (χ4v) is 3.36. The summed E-state index contributed by atoms with van der Waals surface area (Å²) < 4.78 is 5.47. The Morgan fingerprint density at radius 2 is 1.63 bits per heavy atom. The number of amides is 1. The molecule has 0 heterocycles. The van der Waals surface area contributed by atoms with Crippen LogP contribution >= 0.6 is 46.4 Å². The number of ether oxygens (including phenoxy) is 1. The average Bonchev–Trinajstić information content (AvgIpc) is 2.60. The topological polar surface area (TPSA) is 81.5 Å². The molecule has 27 heavy (non-hydrogen) atoms. The minimum atomic E-state index is -0.598. The summed E-state index contributed by atoms with van der Waals surface area (Å²) in [6.07, 6.45) is 0. The van der Waals surface area contributed by atoms with Crippen LogP contribution in [0.1, 0.15) is 16.7 Å². The average molecular weight is 452 g/mol. The van der Waals surface area contributed by atoms with Gasteiger partial charge in [0.05, 0.1) is 15.0 Å². The summed E-state index contributed by atoms with van der Waals surface area (Å²) in [5, 5.41) is 14.3. The van der Waals surface area contributed by atoms with E-state index in [4.69, 9.17) is 51.1 Å². The summed E-state index contributed by atoms with van der Waals surface area (Å²) in [6.45, 7) is 4.65. The number of hydrogen-bond acceptors (Lipinski definition) is 4. The quantitative estimate of drug-likeness (QED) is 0.436. The van der Waals surface area contributed by atoms with E-state index in [0.29, 0.717) is 27.4 Å². The monoisotopic (exact) mass is 450 g/mol. The maximum atomic E-state index is 12.2. The molecule has 0 saturated heterocycles. The van der Waals surface area contributed by atoms with Crippen molar-refractivity contribution < 1.29 is 14.5 Å². The van der Waals surface area contributed by atoms with Crippen molar-refractivity contribution in [3.63, 3.8) is 0 Å². The summed E-state index contributed by atoms with van der Waals surface area (Å²) in [6, 6.07) is 2.59. The fourth-order valence-electron chi connectivity index (χ4n) is 2.30. The van der Waals surface area contributed by atoms with Crippen molar-refractivity contribution in [1.29, 1.82) is 0 Å². The van der Waals surface area contributed by atoms with Gasteiger partial charge in [-0.25, -0.2) is 0 Å². The van der Waals surface area contributed by atoms with Crippen LogP contribution in [0.25, 0.3) is 0 Å². The van der Waals surface area contributed by atoms with Crippen LogP contribution in [0.3, 0.4) is 0 Å². The van der Waals surface area contributed by atoms with E-state index >= 15 is 0 Å². The predicted molar refractivity (Wildman–Crippen MR) is 108 cm³/mol. The van der Waals surface area contributed by atoms with Crippen molar-refractivity contribution in [3.05, 3.63) is 59.0 Å². The predicted octanol–water partition coefficient (Wildman–Crippen LogP) is 6.15. The molecule has 0 aliphatic carbocycles. The summed E-state index contributed by atoms with van der Waals surface area (Å²) in [5.74, 6) is -0.355. The van der Waals surface area contributed by atoms with Gasteiger partial charge in [0.2, 0.25) is 0 Å². The zero-order valence-corrected chi connectivity index (χ0v) is 17.5. The van der Waals surface area contributed by atoms with E-state index in [1.165, 1.54) is 12.1 Å². The highest BCUT2D eigenvalue weighted by Gasteiger charge is 2.20. The van der Waals surface area contributed by atoms with Crippen molar-refractivity contribution in [2.75, 3.05) is 11.9 Å². The summed E-state index contributed by atoms with van der Waals surface area (Å²) in [7, 11) is 0. The number of anilines is 1. The van der Waals surface area contributed by atoms with Gasteiger partial charge < -0.3 is 10.1 Å². The molecule has 1 amide bonds. The molecular weight excluding hydrogens is 438 g/mol. The minimum Gasteiger partial charge on any atom is -0.481 e. The molecule has 0 aliphatic rings. The van der Waals surface area contributed by atoms with E-state index in [1.807, 2.05) is 0 Å². The Hall–Kier alpha value is -1.73. The molecule has 0 aromatic heterocycles. The van der Waals surface area contributed by atoms with Gasteiger partial charge in [0.1, 0.15) is 5.02 Å². The zero-order valence-electron chi connectivity index (χ0n) is 14.5. The smallest absolute Gasteiger partial charge is 0.288 e. The van der Waals surface area contributed by atoms with Crippen LogP contribution in [-0.4, -0.2) is 17.4 Å². The summed E-state index contributed by atoms with van der Waals surface area (Å²) in [5.41, 5.74) is 1.75. The van der Waals surface area contributed by atoms with Crippen molar-refractivity contribution in [1.82, 2.24) is 0 Å². The van der Waals surface area contributed by atoms with Gasteiger partial charge in [-0.05, 0) is 43.5 Å². The SMILES string of the molecule is Cc1cc([N+](=O)[O-])c(Cl)cc1NC(=O)COc1c(Cl)c(C)c(Cl)c(C)c1Cl. The molecule has 0 unspecified atom stereocenters. The maximum Gasteiger partial charge on any atom is 0.288 e. The van der Waals surface area contributed by atoms with Crippen molar-refractivity contribution >= 4 is 63.7 Å². The number of nitrogens with zero attached hydrogens (tertiary/aromatic N) is 1. The molecule has 0 radical (unpaired) electrons. The number of halogens is 4. The number of carbonyl (C=O) groups is 1. The van der Waals surface area contributed by atoms with E-state index < -0.39 is 10.8 Å². The van der Waals surface area contributed by atoms with Gasteiger partial charge in [0.15, 0.2) is 12.4 Å². The van der Waals surface area contributed by atoms with Crippen LogP contribution in [0.15, 0.2) is 12.1 Å². The van der Waals surface area contributed by atoms with E-state index in [9.17, 15) is 14.9 Å². The Balaban J connectivity index is 2.17. The highest BCUT2D eigenvalue weighted by atomic mass is 35.5. The molecule has 2 rings (SSSR count).